The minimum atomic E-state index is -0.231. The Kier molecular flexibility index (Phi) is 5.14. The summed E-state index contributed by atoms with van der Waals surface area (Å²) in [5.41, 5.74) is 1.98. The monoisotopic (exact) mass is 358 g/mol. The number of ether oxygens (including phenoxy) is 1. The second-order valence-corrected chi connectivity index (χ2v) is 5.86. The van der Waals surface area contributed by atoms with Crippen LogP contribution >= 0.6 is 39.1 Å². The minimum Gasteiger partial charge on any atom is -0.494 e. The van der Waals surface area contributed by atoms with Gasteiger partial charge in [0.1, 0.15) is 5.75 Å². The molecule has 0 aliphatic carbocycles. The zero-order valence-corrected chi connectivity index (χ0v) is 13.5. The van der Waals surface area contributed by atoms with Crippen LogP contribution in [0.5, 0.6) is 5.75 Å². The lowest BCUT2D eigenvalue weighted by atomic mass is 10.0. The van der Waals surface area contributed by atoms with Crippen molar-refractivity contribution in [2.75, 3.05) is 6.61 Å². The van der Waals surface area contributed by atoms with E-state index in [2.05, 4.69) is 15.9 Å². The summed E-state index contributed by atoms with van der Waals surface area (Å²) in [7, 11) is 0. The summed E-state index contributed by atoms with van der Waals surface area (Å²) in [6.07, 6.45) is 0. The molecule has 0 amide bonds. The van der Waals surface area contributed by atoms with Crippen molar-refractivity contribution in [3.63, 3.8) is 0 Å². The molecule has 1 atom stereocenters. The van der Waals surface area contributed by atoms with Gasteiger partial charge in [0, 0.05) is 9.50 Å². The molecular formula is C15H13BrCl2O. The number of alkyl halides is 1. The van der Waals surface area contributed by atoms with Crippen LogP contribution in [0.15, 0.2) is 46.9 Å². The third-order valence-electron chi connectivity index (χ3n) is 2.66. The fourth-order valence-electron chi connectivity index (χ4n) is 1.81. The third kappa shape index (κ3) is 3.88. The Labute approximate surface area is 131 Å². The summed E-state index contributed by atoms with van der Waals surface area (Å²) < 4.78 is 6.34. The molecule has 2 aromatic rings. The fourth-order valence-corrected chi connectivity index (χ4v) is 2.97. The van der Waals surface area contributed by atoms with E-state index in [0.717, 1.165) is 21.3 Å². The molecule has 0 bridgehead atoms. The SMILES string of the molecule is CCOc1ccc(C(Cl)c2cc(Cl)cc(Br)c2)cc1. The Hall–Kier alpha value is -0.700. The van der Waals surface area contributed by atoms with Crippen molar-refractivity contribution in [1.82, 2.24) is 0 Å². The van der Waals surface area contributed by atoms with Crippen molar-refractivity contribution in [3.8, 4) is 5.75 Å². The van der Waals surface area contributed by atoms with Gasteiger partial charge in [-0.25, -0.2) is 0 Å². The van der Waals surface area contributed by atoms with E-state index >= 15 is 0 Å². The van der Waals surface area contributed by atoms with Gasteiger partial charge in [-0.2, -0.15) is 0 Å². The Morgan fingerprint density at radius 3 is 2.37 bits per heavy atom. The Balaban J connectivity index is 2.25. The molecular weight excluding hydrogens is 347 g/mol. The lowest BCUT2D eigenvalue weighted by molar-refractivity contribution is 0.340. The van der Waals surface area contributed by atoms with Gasteiger partial charge in [0.25, 0.3) is 0 Å². The second-order valence-electron chi connectivity index (χ2n) is 4.07. The summed E-state index contributed by atoms with van der Waals surface area (Å²) >= 11 is 15.9. The van der Waals surface area contributed by atoms with E-state index in [1.807, 2.05) is 49.4 Å². The van der Waals surface area contributed by atoms with Crippen molar-refractivity contribution < 1.29 is 4.74 Å². The molecule has 0 aromatic heterocycles. The molecule has 0 fully saturated rings. The number of hydrogen-bond donors (Lipinski definition) is 0. The van der Waals surface area contributed by atoms with Gasteiger partial charge in [0.15, 0.2) is 0 Å². The Morgan fingerprint density at radius 2 is 1.79 bits per heavy atom. The van der Waals surface area contributed by atoms with Gasteiger partial charge >= 0.3 is 0 Å². The average Bonchev–Trinajstić information content (AvgIpc) is 2.38. The highest BCUT2D eigenvalue weighted by Gasteiger charge is 2.12. The molecule has 2 rings (SSSR count). The van der Waals surface area contributed by atoms with Crippen molar-refractivity contribution in [1.29, 1.82) is 0 Å². The van der Waals surface area contributed by atoms with Gasteiger partial charge in [0.05, 0.1) is 12.0 Å². The predicted octanol–water partition coefficient (Wildman–Crippen LogP) is 5.83. The highest BCUT2D eigenvalue weighted by atomic mass is 79.9. The van der Waals surface area contributed by atoms with E-state index in [0.29, 0.717) is 11.6 Å². The van der Waals surface area contributed by atoms with Crippen LogP contribution in [0.4, 0.5) is 0 Å². The van der Waals surface area contributed by atoms with Crippen LogP contribution in [0.3, 0.4) is 0 Å². The Bertz CT molecular complexity index is 534. The highest BCUT2D eigenvalue weighted by Crippen LogP contribution is 2.33. The first-order valence-electron chi connectivity index (χ1n) is 5.93. The number of hydrogen-bond acceptors (Lipinski definition) is 1. The zero-order chi connectivity index (χ0) is 13.8. The summed E-state index contributed by atoms with van der Waals surface area (Å²) in [6, 6.07) is 13.5. The van der Waals surface area contributed by atoms with Gasteiger partial charge in [-0.3, -0.25) is 0 Å². The van der Waals surface area contributed by atoms with Gasteiger partial charge < -0.3 is 4.74 Å². The molecule has 2 aromatic carbocycles. The molecule has 0 saturated heterocycles. The summed E-state index contributed by atoms with van der Waals surface area (Å²) in [5, 5.41) is 0.437. The van der Waals surface area contributed by atoms with Crippen molar-refractivity contribution >= 4 is 39.1 Å². The quantitative estimate of drug-likeness (QED) is 0.624. The van der Waals surface area contributed by atoms with Crippen LogP contribution in [0.25, 0.3) is 0 Å². The maximum absolute atomic E-state index is 6.48. The number of rotatable bonds is 4. The topological polar surface area (TPSA) is 9.23 Å². The molecule has 0 saturated carbocycles. The van der Waals surface area contributed by atoms with E-state index in [1.165, 1.54) is 0 Å². The van der Waals surface area contributed by atoms with Crippen molar-refractivity contribution in [3.05, 3.63) is 63.1 Å². The lowest BCUT2D eigenvalue weighted by Crippen LogP contribution is -1.95. The molecule has 0 spiro atoms. The lowest BCUT2D eigenvalue weighted by Gasteiger charge is -2.12. The van der Waals surface area contributed by atoms with Crippen LogP contribution in [0.1, 0.15) is 23.4 Å². The molecule has 0 aliphatic rings. The number of halogens is 3. The molecule has 1 nitrogen and oxygen atoms in total. The first-order valence-corrected chi connectivity index (χ1v) is 7.53. The summed E-state index contributed by atoms with van der Waals surface area (Å²) in [5.74, 6) is 0.849. The normalized spacial score (nSPS) is 12.2. The van der Waals surface area contributed by atoms with Crippen LogP contribution in [0, 0.1) is 0 Å². The maximum Gasteiger partial charge on any atom is 0.119 e. The first-order chi connectivity index (χ1) is 9.10. The van der Waals surface area contributed by atoms with Crippen LogP contribution in [-0.2, 0) is 0 Å². The van der Waals surface area contributed by atoms with Crippen molar-refractivity contribution in [2.24, 2.45) is 0 Å². The highest BCUT2D eigenvalue weighted by molar-refractivity contribution is 9.10. The number of benzene rings is 2. The second kappa shape index (κ2) is 6.65. The largest absolute Gasteiger partial charge is 0.494 e. The molecule has 4 heteroatoms. The van der Waals surface area contributed by atoms with E-state index in [9.17, 15) is 0 Å². The molecule has 0 heterocycles. The molecule has 0 radical (unpaired) electrons. The smallest absolute Gasteiger partial charge is 0.119 e. The van der Waals surface area contributed by atoms with E-state index in [4.69, 9.17) is 27.9 Å². The molecule has 19 heavy (non-hydrogen) atoms. The maximum atomic E-state index is 6.48. The average molecular weight is 360 g/mol. The van der Waals surface area contributed by atoms with Crippen LogP contribution < -0.4 is 4.74 Å². The molecule has 0 N–H and O–H groups in total. The summed E-state index contributed by atoms with van der Waals surface area (Å²) in [6.45, 7) is 2.62. The zero-order valence-electron chi connectivity index (χ0n) is 10.4. The molecule has 100 valence electrons. The van der Waals surface area contributed by atoms with Crippen LogP contribution in [-0.4, -0.2) is 6.61 Å². The fraction of sp³-hybridized carbons (Fsp3) is 0.200. The minimum absolute atomic E-state index is 0.231. The third-order valence-corrected chi connectivity index (χ3v) is 3.84. The predicted molar refractivity (Wildman–Crippen MR) is 84.5 cm³/mol. The first kappa shape index (κ1) is 14.7. The van der Waals surface area contributed by atoms with Gasteiger partial charge in [-0.1, -0.05) is 39.7 Å². The van der Waals surface area contributed by atoms with Crippen LogP contribution in [0.2, 0.25) is 5.02 Å². The van der Waals surface area contributed by atoms with E-state index in [-0.39, 0.29) is 5.38 Å². The van der Waals surface area contributed by atoms with Gasteiger partial charge in [-0.15, -0.1) is 11.6 Å². The Morgan fingerprint density at radius 1 is 1.11 bits per heavy atom. The van der Waals surface area contributed by atoms with E-state index in [1.54, 1.807) is 0 Å². The standard InChI is InChI=1S/C15H13BrCl2O/c1-2-19-14-5-3-10(4-6-14)15(18)11-7-12(16)9-13(17)8-11/h3-9,15H,2H2,1H3. The van der Waals surface area contributed by atoms with Gasteiger partial charge in [0.2, 0.25) is 0 Å². The van der Waals surface area contributed by atoms with Crippen molar-refractivity contribution in [2.45, 2.75) is 12.3 Å². The molecule has 0 aliphatic heterocycles. The van der Waals surface area contributed by atoms with Gasteiger partial charge in [-0.05, 0) is 48.4 Å². The summed E-state index contributed by atoms with van der Waals surface area (Å²) in [4.78, 5) is 0. The molecule has 1 unspecified atom stereocenters. The van der Waals surface area contributed by atoms with E-state index < -0.39 is 0 Å².